The van der Waals surface area contributed by atoms with Crippen molar-refractivity contribution in [1.29, 1.82) is 0 Å². The summed E-state index contributed by atoms with van der Waals surface area (Å²) in [7, 11) is 0. The molecule has 1 saturated heterocycles. The molecule has 0 amide bonds. The van der Waals surface area contributed by atoms with Crippen molar-refractivity contribution in [2.75, 3.05) is 13.1 Å². The number of rotatable bonds is 1. The number of nitrogens with one attached hydrogen (secondary N) is 1. The van der Waals surface area contributed by atoms with Crippen LogP contribution in [0.2, 0.25) is 0 Å². The van der Waals surface area contributed by atoms with E-state index in [-0.39, 0.29) is 0 Å². The van der Waals surface area contributed by atoms with Gasteiger partial charge in [-0.1, -0.05) is 36.8 Å². The van der Waals surface area contributed by atoms with Crippen LogP contribution in [0.15, 0.2) is 24.3 Å². The lowest BCUT2D eigenvalue weighted by Crippen LogP contribution is -2.08. The Morgan fingerprint density at radius 1 is 1.31 bits per heavy atom. The van der Waals surface area contributed by atoms with E-state index < -0.39 is 0 Å². The van der Waals surface area contributed by atoms with Gasteiger partial charge in [0.2, 0.25) is 0 Å². The Labute approximate surface area is 80.2 Å². The number of hydrogen-bond donors (Lipinski definition) is 1. The van der Waals surface area contributed by atoms with Crippen molar-refractivity contribution in [1.82, 2.24) is 5.32 Å². The Bertz CT molecular complexity index is 293. The number of benzene rings is 1. The molecule has 2 rings (SSSR count). The monoisotopic (exact) mass is 175 g/mol. The van der Waals surface area contributed by atoms with Crippen LogP contribution in [0.25, 0.3) is 0 Å². The van der Waals surface area contributed by atoms with E-state index in [0.29, 0.717) is 0 Å². The minimum Gasteiger partial charge on any atom is -0.316 e. The van der Waals surface area contributed by atoms with Crippen LogP contribution in [0.5, 0.6) is 0 Å². The summed E-state index contributed by atoms with van der Waals surface area (Å²) in [4.78, 5) is 0. The van der Waals surface area contributed by atoms with Gasteiger partial charge in [-0.05, 0) is 24.9 Å². The van der Waals surface area contributed by atoms with Crippen molar-refractivity contribution in [3.05, 3.63) is 35.4 Å². The van der Waals surface area contributed by atoms with Crippen LogP contribution in [0.4, 0.5) is 0 Å². The van der Waals surface area contributed by atoms with Crippen LogP contribution >= 0.6 is 0 Å². The van der Waals surface area contributed by atoms with Crippen molar-refractivity contribution >= 4 is 0 Å². The zero-order chi connectivity index (χ0) is 9.26. The minimum atomic E-state index is 0.722. The molecule has 0 aromatic heterocycles. The summed E-state index contributed by atoms with van der Waals surface area (Å²) in [6, 6.07) is 8.89. The largest absolute Gasteiger partial charge is 0.316 e. The summed E-state index contributed by atoms with van der Waals surface area (Å²) < 4.78 is 0. The Morgan fingerprint density at radius 3 is 2.77 bits per heavy atom. The first-order valence-corrected chi connectivity index (χ1v) is 5.04. The molecule has 1 aromatic carbocycles. The Morgan fingerprint density at radius 2 is 2.15 bits per heavy atom. The van der Waals surface area contributed by atoms with E-state index in [9.17, 15) is 0 Å². The van der Waals surface area contributed by atoms with Crippen molar-refractivity contribution < 1.29 is 0 Å². The van der Waals surface area contributed by atoms with Gasteiger partial charge < -0.3 is 5.32 Å². The fourth-order valence-corrected chi connectivity index (χ4v) is 2.16. The van der Waals surface area contributed by atoms with Gasteiger partial charge in [0.15, 0.2) is 0 Å². The predicted molar refractivity (Wildman–Crippen MR) is 56.0 cm³/mol. The molecule has 1 N–H and O–H groups in total. The Balaban J connectivity index is 2.24. The van der Waals surface area contributed by atoms with Crippen molar-refractivity contribution in [2.24, 2.45) is 5.92 Å². The molecule has 13 heavy (non-hydrogen) atoms. The third kappa shape index (κ3) is 1.75. The zero-order valence-electron chi connectivity index (χ0n) is 8.38. The first-order valence-electron chi connectivity index (χ1n) is 5.04. The van der Waals surface area contributed by atoms with Crippen LogP contribution in [0.3, 0.4) is 0 Å². The van der Waals surface area contributed by atoms with Gasteiger partial charge in [0.05, 0.1) is 0 Å². The fourth-order valence-electron chi connectivity index (χ4n) is 2.16. The first kappa shape index (κ1) is 8.76. The average Bonchev–Trinajstić information content (AvgIpc) is 2.51. The molecular formula is C12H17N. The molecule has 70 valence electrons. The van der Waals surface area contributed by atoms with Crippen LogP contribution in [0.1, 0.15) is 24.0 Å². The van der Waals surface area contributed by atoms with E-state index in [4.69, 9.17) is 0 Å². The summed E-state index contributed by atoms with van der Waals surface area (Å²) in [5, 5.41) is 3.44. The predicted octanol–water partition coefficient (Wildman–Crippen LogP) is 2.32. The maximum absolute atomic E-state index is 3.44. The lowest BCUT2D eigenvalue weighted by Gasteiger charge is -2.14. The minimum absolute atomic E-state index is 0.722. The molecule has 1 aromatic rings. The zero-order valence-corrected chi connectivity index (χ0v) is 8.38. The molecule has 0 unspecified atom stereocenters. The van der Waals surface area contributed by atoms with E-state index in [1.54, 1.807) is 0 Å². The molecule has 1 nitrogen and oxygen atoms in total. The summed E-state index contributed by atoms with van der Waals surface area (Å²) in [6.07, 6.45) is 0. The van der Waals surface area contributed by atoms with E-state index in [1.807, 2.05) is 0 Å². The Kier molecular flexibility index (Phi) is 2.36. The lowest BCUT2D eigenvalue weighted by atomic mass is 9.90. The second-order valence-electron chi connectivity index (χ2n) is 4.16. The van der Waals surface area contributed by atoms with Crippen LogP contribution < -0.4 is 5.32 Å². The summed E-state index contributed by atoms with van der Waals surface area (Å²) in [6.45, 7) is 6.80. The molecule has 0 saturated carbocycles. The molecule has 0 aliphatic carbocycles. The summed E-state index contributed by atoms with van der Waals surface area (Å²) in [5.74, 6) is 1.50. The first-order chi connectivity index (χ1) is 6.27. The second-order valence-corrected chi connectivity index (χ2v) is 4.16. The van der Waals surface area contributed by atoms with Gasteiger partial charge in [-0.25, -0.2) is 0 Å². The highest BCUT2D eigenvalue weighted by Crippen LogP contribution is 2.27. The Hall–Kier alpha value is -0.820. The quantitative estimate of drug-likeness (QED) is 0.690. The highest BCUT2D eigenvalue weighted by atomic mass is 14.9. The van der Waals surface area contributed by atoms with Gasteiger partial charge in [-0.2, -0.15) is 0 Å². The van der Waals surface area contributed by atoms with Crippen molar-refractivity contribution in [3.63, 3.8) is 0 Å². The van der Waals surface area contributed by atoms with Crippen molar-refractivity contribution in [3.8, 4) is 0 Å². The third-order valence-corrected chi connectivity index (χ3v) is 2.99. The highest BCUT2D eigenvalue weighted by Gasteiger charge is 2.24. The van der Waals surface area contributed by atoms with Gasteiger partial charge >= 0.3 is 0 Å². The maximum atomic E-state index is 3.44. The van der Waals surface area contributed by atoms with E-state index in [0.717, 1.165) is 18.4 Å². The smallest absolute Gasteiger partial charge is 0.00233 e. The number of hydrogen-bond acceptors (Lipinski definition) is 1. The SMILES string of the molecule is Cc1cccc([C@H]2CNC[C@@H]2C)c1. The molecule has 1 heterocycles. The molecule has 1 heteroatoms. The molecule has 0 bridgehead atoms. The van der Waals surface area contributed by atoms with Crippen LogP contribution in [0, 0.1) is 12.8 Å². The fraction of sp³-hybridized carbons (Fsp3) is 0.500. The second kappa shape index (κ2) is 3.51. The molecule has 2 atom stereocenters. The van der Waals surface area contributed by atoms with E-state index in [2.05, 4.69) is 43.4 Å². The third-order valence-electron chi connectivity index (χ3n) is 2.99. The molecule has 1 aliphatic heterocycles. The van der Waals surface area contributed by atoms with Gasteiger partial charge in [-0.3, -0.25) is 0 Å². The summed E-state index contributed by atoms with van der Waals surface area (Å²) >= 11 is 0. The van der Waals surface area contributed by atoms with Gasteiger partial charge in [0.25, 0.3) is 0 Å². The molecule has 1 fully saturated rings. The summed E-state index contributed by atoms with van der Waals surface area (Å²) in [5.41, 5.74) is 2.87. The van der Waals surface area contributed by atoms with E-state index in [1.165, 1.54) is 17.7 Å². The van der Waals surface area contributed by atoms with Gasteiger partial charge in [0.1, 0.15) is 0 Å². The number of aryl methyl sites for hydroxylation is 1. The molecular weight excluding hydrogens is 158 g/mol. The highest BCUT2D eigenvalue weighted by molar-refractivity contribution is 5.27. The van der Waals surface area contributed by atoms with Gasteiger partial charge in [0, 0.05) is 12.5 Å². The van der Waals surface area contributed by atoms with E-state index >= 15 is 0 Å². The molecule has 1 aliphatic rings. The lowest BCUT2D eigenvalue weighted by molar-refractivity contribution is 0.572. The molecule has 0 radical (unpaired) electrons. The van der Waals surface area contributed by atoms with Crippen LogP contribution in [-0.2, 0) is 0 Å². The van der Waals surface area contributed by atoms with Crippen molar-refractivity contribution in [2.45, 2.75) is 19.8 Å². The topological polar surface area (TPSA) is 12.0 Å². The maximum Gasteiger partial charge on any atom is 0.00233 e. The normalized spacial score (nSPS) is 27.8. The van der Waals surface area contributed by atoms with Gasteiger partial charge in [-0.15, -0.1) is 0 Å². The molecule has 0 spiro atoms. The van der Waals surface area contributed by atoms with Crippen LogP contribution in [-0.4, -0.2) is 13.1 Å². The average molecular weight is 175 g/mol. The standard InChI is InChI=1S/C12H17N/c1-9-4-3-5-11(6-9)12-8-13-7-10(12)2/h3-6,10,12-13H,7-8H2,1-2H3/t10-,12-/m0/s1.